The van der Waals surface area contributed by atoms with Crippen LogP contribution in [0.5, 0.6) is 0 Å². The lowest BCUT2D eigenvalue weighted by Crippen LogP contribution is -2.34. The Hall–Kier alpha value is -0.870. The Kier molecular flexibility index (Phi) is 4.18. The van der Waals surface area contributed by atoms with E-state index in [0.29, 0.717) is 11.2 Å². The summed E-state index contributed by atoms with van der Waals surface area (Å²) in [6.07, 6.45) is 2.33. The molecule has 0 unspecified atom stereocenters. The molecule has 1 aliphatic rings. The summed E-state index contributed by atoms with van der Waals surface area (Å²) in [4.78, 5) is 10.8. The molecule has 17 heavy (non-hydrogen) atoms. The standard InChI is InChI=1S/C12H18ClN3O/c1-3-17-8-10-5-4-6-16(10)12-7-11(13)14-9(2)15-12/h7,10H,3-6,8H2,1-2H3/t10-/m1/s1. The molecule has 1 aliphatic heterocycles. The van der Waals surface area contributed by atoms with Gasteiger partial charge in [-0.15, -0.1) is 0 Å². The summed E-state index contributed by atoms with van der Waals surface area (Å²) in [5, 5.41) is 0.509. The van der Waals surface area contributed by atoms with Crippen molar-refractivity contribution in [1.82, 2.24) is 9.97 Å². The minimum absolute atomic E-state index is 0.417. The number of aromatic nitrogens is 2. The summed E-state index contributed by atoms with van der Waals surface area (Å²) in [5.74, 6) is 1.64. The molecule has 0 N–H and O–H groups in total. The molecule has 2 heterocycles. The molecule has 1 aromatic heterocycles. The van der Waals surface area contributed by atoms with E-state index in [-0.39, 0.29) is 0 Å². The van der Waals surface area contributed by atoms with Gasteiger partial charge < -0.3 is 9.64 Å². The maximum absolute atomic E-state index is 5.97. The van der Waals surface area contributed by atoms with Gasteiger partial charge in [0.15, 0.2) is 0 Å². The molecular formula is C12H18ClN3O. The molecule has 1 atom stereocenters. The lowest BCUT2D eigenvalue weighted by molar-refractivity contribution is 0.133. The molecule has 1 saturated heterocycles. The quantitative estimate of drug-likeness (QED) is 0.775. The fourth-order valence-corrected chi connectivity index (χ4v) is 2.45. The van der Waals surface area contributed by atoms with Crippen LogP contribution in [0.2, 0.25) is 5.15 Å². The third-order valence-corrected chi connectivity index (χ3v) is 3.17. The summed E-state index contributed by atoms with van der Waals surface area (Å²) < 4.78 is 5.51. The Bertz CT molecular complexity index is 366. The van der Waals surface area contributed by atoms with Crippen LogP contribution in [0.15, 0.2) is 6.07 Å². The fraction of sp³-hybridized carbons (Fsp3) is 0.667. The van der Waals surface area contributed by atoms with Crippen LogP contribution in [-0.2, 0) is 4.74 Å². The number of hydrogen-bond acceptors (Lipinski definition) is 4. The molecule has 2 rings (SSSR count). The first-order valence-electron chi connectivity index (χ1n) is 6.06. The second-order valence-electron chi connectivity index (χ2n) is 4.24. The summed E-state index contributed by atoms with van der Waals surface area (Å²) in [5.41, 5.74) is 0. The van der Waals surface area contributed by atoms with Gasteiger partial charge in [0.25, 0.3) is 0 Å². The Balaban J connectivity index is 2.14. The van der Waals surface area contributed by atoms with Crippen molar-refractivity contribution in [3.63, 3.8) is 0 Å². The predicted octanol–water partition coefficient (Wildman–Crippen LogP) is 2.44. The Labute approximate surface area is 107 Å². The maximum Gasteiger partial charge on any atom is 0.134 e. The van der Waals surface area contributed by atoms with Crippen LogP contribution in [0.25, 0.3) is 0 Å². The van der Waals surface area contributed by atoms with Crippen LogP contribution in [0.1, 0.15) is 25.6 Å². The van der Waals surface area contributed by atoms with Crippen molar-refractivity contribution >= 4 is 17.4 Å². The monoisotopic (exact) mass is 255 g/mol. The molecule has 1 fully saturated rings. The topological polar surface area (TPSA) is 38.2 Å². The van der Waals surface area contributed by atoms with Crippen molar-refractivity contribution in [3.8, 4) is 0 Å². The van der Waals surface area contributed by atoms with Crippen LogP contribution >= 0.6 is 11.6 Å². The average Bonchev–Trinajstić information content (AvgIpc) is 2.73. The highest BCUT2D eigenvalue weighted by atomic mass is 35.5. The van der Waals surface area contributed by atoms with Gasteiger partial charge in [-0.3, -0.25) is 0 Å². The van der Waals surface area contributed by atoms with E-state index in [1.54, 1.807) is 0 Å². The van der Waals surface area contributed by atoms with E-state index < -0.39 is 0 Å². The first-order valence-corrected chi connectivity index (χ1v) is 6.44. The van der Waals surface area contributed by atoms with Gasteiger partial charge in [0.2, 0.25) is 0 Å². The van der Waals surface area contributed by atoms with Crippen LogP contribution in [-0.4, -0.2) is 35.8 Å². The number of rotatable bonds is 4. The van der Waals surface area contributed by atoms with E-state index in [1.807, 2.05) is 19.9 Å². The lowest BCUT2D eigenvalue weighted by atomic mass is 10.2. The van der Waals surface area contributed by atoms with E-state index in [1.165, 1.54) is 6.42 Å². The van der Waals surface area contributed by atoms with Gasteiger partial charge >= 0.3 is 0 Å². The highest BCUT2D eigenvalue weighted by Gasteiger charge is 2.26. The van der Waals surface area contributed by atoms with Crippen LogP contribution in [0.4, 0.5) is 5.82 Å². The minimum atomic E-state index is 0.417. The van der Waals surface area contributed by atoms with Gasteiger partial charge in [-0.05, 0) is 26.7 Å². The summed E-state index contributed by atoms with van der Waals surface area (Å²) in [6, 6.07) is 2.25. The van der Waals surface area contributed by atoms with Gasteiger partial charge in [-0.25, -0.2) is 9.97 Å². The molecule has 1 aromatic rings. The number of aryl methyl sites for hydroxylation is 1. The molecular weight excluding hydrogens is 238 g/mol. The van der Waals surface area contributed by atoms with Crippen molar-refractivity contribution in [2.75, 3.05) is 24.7 Å². The van der Waals surface area contributed by atoms with E-state index in [9.17, 15) is 0 Å². The molecule has 5 heteroatoms. The summed E-state index contributed by atoms with van der Waals surface area (Å²) >= 11 is 5.97. The van der Waals surface area contributed by atoms with Crippen molar-refractivity contribution in [3.05, 3.63) is 17.0 Å². The van der Waals surface area contributed by atoms with E-state index in [4.69, 9.17) is 16.3 Å². The second-order valence-corrected chi connectivity index (χ2v) is 4.63. The summed E-state index contributed by atoms with van der Waals surface area (Å²) in [6.45, 7) is 6.42. The van der Waals surface area contributed by atoms with Crippen molar-refractivity contribution in [1.29, 1.82) is 0 Å². The fourth-order valence-electron chi connectivity index (χ4n) is 2.23. The van der Waals surface area contributed by atoms with Gasteiger partial charge in [-0.1, -0.05) is 11.6 Å². The van der Waals surface area contributed by atoms with Gasteiger partial charge in [-0.2, -0.15) is 0 Å². The van der Waals surface area contributed by atoms with Gasteiger partial charge in [0, 0.05) is 19.2 Å². The maximum atomic E-state index is 5.97. The van der Waals surface area contributed by atoms with Crippen molar-refractivity contribution < 1.29 is 4.74 Å². The molecule has 4 nitrogen and oxygen atoms in total. The van der Waals surface area contributed by atoms with Crippen LogP contribution < -0.4 is 4.90 Å². The number of hydrogen-bond donors (Lipinski definition) is 0. The molecule has 94 valence electrons. The first-order chi connectivity index (χ1) is 8.20. The molecule has 0 spiro atoms. The van der Waals surface area contributed by atoms with Crippen LogP contribution in [0, 0.1) is 6.92 Å². The zero-order valence-corrected chi connectivity index (χ0v) is 11.1. The zero-order chi connectivity index (χ0) is 12.3. The molecule has 0 bridgehead atoms. The molecule has 0 radical (unpaired) electrons. The third kappa shape index (κ3) is 3.07. The predicted molar refractivity (Wildman–Crippen MR) is 68.6 cm³/mol. The Morgan fingerprint density at radius 1 is 1.53 bits per heavy atom. The van der Waals surface area contributed by atoms with Crippen molar-refractivity contribution in [2.24, 2.45) is 0 Å². The normalized spacial score (nSPS) is 19.9. The average molecular weight is 256 g/mol. The number of nitrogens with zero attached hydrogens (tertiary/aromatic N) is 3. The Morgan fingerprint density at radius 3 is 3.06 bits per heavy atom. The smallest absolute Gasteiger partial charge is 0.134 e. The molecule has 0 aromatic carbocycles. The molecule has 0 saturated carbocycles. The highest BCUT2D eigenvalue weighted by Crippen LogP contribution is 2.25. The largest absolute Gasteiger partial charge is 0.380 e. The zero-order valence-electron chi connectivity index (χ0n) is 10.3. The molecule has 0 amide bonds. The number of halogens is 1. The van der Waals surface area contributed by atoms with Gasteiger partial charge in [0.05, 0.1) is 12.6 Å². The Morgan fingerprint density at radius 2 is 2.35 bits per heavy atom. The highest BCUT2D eigenvalue weighted by molar-refractivity contribution is 6.29. The van der Waals surface area contributed by atoms with Crippen LogP contribution in [0.3, 0.4) is 0 Å². The second kappa shape index (κ2) is 5.65. The third-order valence-electron chi connectivity index (χ3n) is 2.98. The van der Waals surface area contributed by atoms with E-state index >= 15 is 0 Å². The number of anilines is 1. The lowest BCUT2D eigenvalue weighted by Gasteiger charge is -2.25. The summed E-state index contributed by atoms with van der Waals surface area (Å²) in [7, 11) is 0. The molecule has 0 aliphatic carbocycles. The van der Waals surface area contributed by atoms with E-state index in [2.05, 4.69) is 14.9 Å². The van der Waals surface area contributed by atoms with Gasteiger partial charge in [0.1, 0.15) is 16.8 Å². The SMILES string of the molecule is CCOC[C@H]1CCCN1c1cc(Cl)nc(C)n1. The van der Waals surface area contributed by atoms with E-state index in [0.717, 1.165) is 37.8 Å². The minimum Gasteiger partial charge on any atom is -0.380 e. The number of ether oxygens (including phenoxy) is 1. The van der Waals surface area contributed by atoms with Crippen molar-refractivity contribution in [2.45, 2.75) is 32.7 Å². The first kappa shape index (κ1) is 12.6.